The van der Waals surface area contributed by atoms with Gasteiger partial charge in [-0.2, -0.15) is 10.5 Å². The van der Waals surface area contributed by atoms with Crippen LogP contribution in [0, 0.1) is 11.3 Å². The van der Waals surface area contributed by atoms with Gasteiger partial charge in [-0.1, -0.05) is 31.4 Å². The Kier molecular flexibility index (Phi) is 5.93. The fourth-order valence-electron chi connectivity index (χ4n) is 3.01. The van der Waals surface area contributed by atoms with E-state index in [1.807, 2.05) is 30.3 Å². The van der Waals surface area contributed by atoms with Gasteiger partial charge < -0.3 is 10.6 Å². The van der Waals surface area contributed by atoms with Crippen molar-refractivity contribution in [3.8, 4) is 6.07 Å². The lowest BCUT2D eigenvalue weighted by molar-refractivity contribution is -0.121. The first-order valence-corrected chi connectivity index (χ1v) is 8.73. The molecule has 0 spiro atoms. The van der Waals surface area contributed by atoms with E-state index in [1.165, 1.54) is 25.5 Å². The zero-order chi connectivity index (χ0) is 18.2. The number of nitriles is 1. The van der Waals surface area contributed by atoms with Crippen LogP contribution in [0.2, 0.25) is 0 Å². The number of rotatable bonds is 6. The summed E-state index contributed by atoms with van der Waals surface area (Å²) in [6.07, 6.45) is 7.75. The highest BCUT2D eigenvalue weighted by Crippen LogP contribution is 2.18. The van der Waals surface area contributed by atoms with Gasteiger partial charge in [-0.3, -0.25) is 4.79 Å². The molecule has 1 fully saturated rings. The molecular weight excluding hydrogens is 330 g/mol. The molecule has 1 saturated carbocycles. The van der Waals surface area contributed by atoms with Gasteiger partial charge in [-0.15, -0.1) is 10.2 Å². The smallest absolute Gasteiger partial charge is 0.224 e. The van der Waals surface area contributed by atoms with Crippen LogP contribution in [0.15, 0.2) is 30.5 Å². The highest BCUT2D eigenvalue weighted by Gasteiger charge is 2.15. The van der Waals surface area contributed by atoms with E-state index in [0.29, 0.717) is 12.5 Å². The highest BCUT2D eigenvalue weighted by atomic mass is 16.1. The minimum atomic E-state index is 0.0707. The first-order valence-electron chi connectivity index (χ1n) is 8.73. The van der Waals surface area contributed by atoms with Crippen LogP contribution in [0.25, 0.3) is 5.57 Å². The third-order valence-electron chi connectivity index (χ3n) is 4.38. The monoisotopic (exact) mass is 351 g/mol. The average Bonchev–Trinajstić information content (AvgIpc) is 3.19. The number of aromatic nitrogens is 4. The van der Waals surface area contributed by atoms with Gasteiger partial charge in [0.25, 0.3) is 0 Å². The van der Waals surface area contributed by atoms with E-state index in [0.717, 1.165) is 24.1 Å². The van der Waals surface area contributed by atoms with E-state index in [-0.39, 0.29) is 17.3 Å². The number of benzene rings is 1. The molecule has 0 aliphatic heterocycles. The molecule has 1 aromatic heterocycles. The van der Waals surface area contributed by atoms with Crippen molar-refractivity contribution in [3.05, 3.63) is 41.9 Å². The van der Waals surface area contributed by atoms with Crippen molar-refractivity contribution in [2.45, 2.75) is 44.6 Å². The van der Waals surface area contributed by atoms with E-state index in [9.17, 15) is 4.79 Å². The normalized spacial score (nSPS) is 15.3. The van der Waals surface area contributed by atoms with Crippen LogP contribution in [0.5, 0.6) is 0 Å². The molecule has 1 aliphatic carbocycles. The number of tetrazole rings is 1. The minimum Gasteiger partial charge on any atom is -0.360 e. The van der Waals surface area contributed by atoms with Crippen LogP contribution in [0.1, 0.15) is 43.5 Å². The Morgan fingerprint density at radius 2 is 2.04 bits per heavy atom. The molecule has 1 amide bonds. The molecule has 134 valence electrons. The molecule has 3 rings (SSSR count). The summed E-state index contributed by atoms with van der Waals surface area (Å²) in [4.78, 5) is 12.2. The second kappa shape index (κ2) is 8.76. The fourth-order valence-corrected chi connectivity index (χ4v) is 3.01. The number of amides is 1. The Morgan fingerprint density at radius 1 is 1.27 bits per heavy atom. The van der Waals surface area contributed by atoms with Gasteiger partial charge in [0, 0.05) is 17.9 Å². The van der Waals surface area contributed by atoms with E-state index < -0.39 is 0 Å². The summed E-state index contributed by atoms with van der Waals surface area (Å²) in [5, 5.41) is 28.6. The minimum absolute atomic E-state index is 0.0707. The van der Waals surface area contributed by atoms with Crippen LogP contribution in [-0.4, -0.2) is 32.6 Å². The van der Waals surface area contributed by atoms with Gasteiger partial charge in [0.2, 0.25) is 11.7 Å². The molecule has 1 aromatic carbocycles. The number of carbonyl (C=O) groups is 1. The summed E-state index contributed by atoms with van der Waals surface area (Å²) < 4.78 is 0. The quantitative estimate of drug-likeness (QED) is 0.686. The predicted octanol–water partition coefficient (Wildman–Crippen LogP) is 2.17. The second-order valence-corrected chi connectivity index (χ2v) is 6.33. The molecule has 1 heterocycles. The summed E-state index contributed by atoms with van der Waals surface area (Å²) in [5.74, 6) is 0.303. The lowest BCUT2D eigenvalue weighted by atomic mass is 9.95. The molecule has 0 bridgehead atoms. The van der Waals surface area contributed by atoms with Crippen molar-refractivity contribution in [2.75, 3.05) is 5.32 Å². The zero-order valence-corrected chi connectivity index (χ0v) is 14.4. The number of aromatic amines is 1. The number of anilines is 1. The Labute approximate surface area is 151 Å². The molecule has 8 heteroatoms. The molecule has 2 aromatic rings. The number of nitrogens with zero attached hydrogens (tertiary/aromatic N) is 4. The number of hydrogen-bond acceptors (Lipinski definition) is 6. The largest absolute Gasteiger partial charge is 0.360 e. The zero-order valence-electron chi connectivity index (χ0n) is 14.4. The van der Waals surface area contributed by atoms with Crippen molar-refractivity contribution < 1.29 is 4.79 Å². The summed E-state index contributed by atoms with van der Waals surface area (Å²) >= 11 is 0. The predicted molar refractivity (Wildman–Crippen MR) is 96.6 cm³/mol. The topological polar surface area (TPSA) is 119 Å². The molecule has 8 nitrogen and oxygen atoms in total. The van der Waals surface area contributed by atoms with Crippen molar-refractivity contribution >= 4 is 17.2 Å². The maximum atomic E-state index is 12.2. The second-order valence-electron chi connectivity index (χ2n) is 6.33. The standard InChI is InChI=1S/C18H21N7O/c19-11-14(18-22-24-25-23-18)12-20-15-8-6-13(7-9-15)10-17(26)21-16-4-2-1-3-5-16/h6-9,12,16,20H,1-5,10H2,(H,21,26)(H,22,23,24,25). The van der Waals surface area contributed by atoms with Crippen molar-refractivity contribution in [1.82, 2.24) is 25.9 Å². The summed E-state index contributed by atoms with van der Waals surface area (Å²) in [6.45, 7) is 0. The van der Waals surface area contributed by atoms with Crippen LogP contribution in [0.3, 0.4) is 0 Å². The number of hydrogen-bond donors (Lipinski definition) is 3. The summed E-state index contributed by atoms with van der Waals surface area (Å²) in [5.41, 5.74) is 2.03. The van der Waals surface area contributed by atoms with Crippen LogP contribution < -0.4 is 10.6 Å². The Balaban J connectivity index is 1.53. The third kappa shape index (κ3) is 4.89. The Hall–Kier alpha value is -3.21. The summed E-state index contributed by atoms with van der Waals surface area (Å²) in [7, 11) is 0. The van der Waals surface area contributed by atoms with Gasteiger partial charge in [0.15, 0.2) is 0 Å². The molecule has 1 aliphatic rings. The molecular formula is C18H21N7O. The Bertz CT molecular complexity index is 784. The maximum Gasteiger partial charge on any atom is 0.224 e. The van der Waals surface area contributed by atoms with E-state index in [2.05, 4.69) is 31.3 Å². The first-order chi connectivity index (χ1) is 12.7. The SMILES string of the molecule is N#CC(=CNc1ccc(CC(=O)NC2CCCCC2)cc1)c1nn[nH]n1. The molecule has 0 saturated heterocycles. The van der Waals surface area contributed by atoms with Crippen molar-refractivity contribution in [2.24, 2.45) is 0 Å². The van der Waals surface area contributed by atoms with Gasteiger partial charge in [-0.25, -0.2) is 0 Å². The van der Waals surface area contributed by atoms with Gasteiger partial charge in [0.1, 0.15) is 11.6 Å². The third-order valence-corrected chi connectivity index (χ3v) is 4.38. The van der Waals surface area contributed by atoms with Gasteiger partial charge >= 0.3 is 0 Å². The number of H-pyrrole nitrogens is 1. The maximum absolute atomic E-state index is 12.2. The Morgan fingerprint density at radius 3 is 2.69 bits per heavy atom. The summed E-state index contributed by atoms with van der Waals surface area (Å²) in [6, 6.07) is 9.87. The molecule has 0 atom stereocenters. The van der Waals surface area contributed by atoms with Crippen molar-refractivity contribution in [3.63, 3.8) is 0 Å². The average molecular weight is 351 g/mol. The lowest BCUT2D eigenvalue weighted by Crippen LogP contribution is -2.37. The number of allylic oxidation sites excluding steroid dienone is 1. The fraction of sp³-hybridized carbons (Fsp3) is 0.389. The van der Waals surface area contributed by atoms with E-state index in [4.69, 9.17) is 5.26 Å². The highest BCUT2D eigenvalue weighted by molar-refractivity contribution is 5.79. The molecule has 0 radical (unpaired) electrons. The first kappa shape index (κ1) is 17.6. The molecule has 26 heavy (non-hydrogen) atoms. The van der Waals surface area contributed by atoms with Gasteiger partial charge in [-0.05, 0) is 35.8 Å². The van der Waals surface area contributed by atoms with E-state index in [1.54, 1.807) is 0 Å². The number of nitrogens with one attached hydrogen (secondary N) is 3. The van der Waals surface area contributed by atoms with E-state index >= 15 is 0 Å². The molecule has 3 N–H and O–H groups in total. The van der Waals surface area contributed by atoms with Crippen LogP contribution in [-0.2, 0) is 11.2 Å². The van der Waals surface area contributed by atoms with Crippen LogP contribution >= 0.6 is 0 Å². The van der Waals surface area contributed by atoms with Crippen LogP contribution in [0.4, 0.5) is 5.69 Å². The lowest BCUT2D eigenvalue weighted by Gasteiger charge is -2.22. The number of carbonyl (C=O) groups excluding carboxylic acids is 1. The molecule has 0 unspecified atom stereocenters. The van der Waals surface area contributed by atoms with Crippen molar-refractivity contribution in [1.29, 1.82) is 5.26 Å². The van der Waals surface area contributed by atoms with Gasteiger partial charge in [0.05, 0.1) is 6.42 Å².